The summed E-state index contributed by atoms with van der Waals surface area (Å²) < 4.78 is 18.2. The summed E-state index contributed by atoms with van der Waals surface area (Å²) in [5.41, 5.74) is 23.2. The molecule has 3 aromatic carbocycles. The Morgan fingerprint density at radius 1 is 0.926 bits per heavy atom. The molecule has 1 unspecified atom stereocenters. The van der Waals surface area contributed by atoms with Crippen LogP contribution in [0.5, 0.6) is 11.5 Å². The Morgan fingerprint density at radius 3 is 2.24 bits per heavy atom. The molecule has 4 aromatic rings. The van der Waals surface area contributed by atoms with Gasteiger partial charge in [-0.05, 0) is 107 Å². The van der Waals surface area contributed by atoms with E-state index < -0.39 is 59.3 Å². The van der Waals surface area contributed by atoms with Crippen LogP contribution in [-0.4, -0.2) is 116 Å². The second-order valence-corrected chi connectivity index (χ2v) is 17.3. The van der Waals surface area contributed by atoms with Crippen molar-refractivity contribution in [3.8, 4) is 40.1 Å². The third-order valence-electron chi connectivity index (χ3n) is 12.0. The highest BCUT2D eigenvalue weighted by Gasteiger charge is 2.37. The number of ether oxygens (including phenoxy) is 3. The van der Waals surface area contributed by atoms with E-state index in [-0.39, 0.29) is 57.8 Å². The average Bonchev–Trinajstić information content (AvgIpc) is 3.30. The molecule has 0 aliphatic carbocycles. The molecule has 2 aliphatic heterocycles. The largest absolute Gasteiger partial charge is 0.492 e. The number of hydrogen-bond donors (Lipinski definition) is 7. The first-order chi connectivity index (χ1) is 32.5. The summed E-state index contributed by atoms with van der Waals surface area (Å²) in [6.07, 6.45) is 0.738. The number of likely N-dealkylation sites (N-methyl/N-ethyl adjacent to an activating group) is 1. The summed E-state index contributed by atoms with van der Waals surface area (Å²) in [4.78, 5) is 81.4. The lowest BCUT2D eigenvalue weighted by Gasteiger charge is -2.33. The molecule has 68 heavy (non-hydrogen) atoms. The molecule has 10 N–H and O–H groups in total. The zero-order valence-electron chi connectivity index (χ0n) is 39.4. The van der Waals surface area contributed by atoms with Crippen molar-refractivity contribution < 1.29 is 38.2 Å². The Morgan fingerprint density at radius 2 is 1.59 bits per heavy atom. The molecule has 19 heteroatoms. The van der Waals surface area contributed by atoms with Crippen LogP contribution in [0, 0.1) is 25.2 Å². The van der Waals surface area contributed by atoms with Crippen molar-refractivity contribution in [2.45, 2.75) is 83.6 Å². The van der Waals surface area contributed by atoms with Crippen LogP contribution < -0.4 is 47.9 Å². The van der Waals surface area contributed by atoms with Crippen LogP contribution in [0.1, 0.15) is 77.2 Å². The van der Waals surface area contributed by atoms with Gasteiger partial charge < -0.3 is 57.6 Å². The minimum Gasteiger partial charge on any atom is -0.492 e. The fraction of sp³-hybridized carbons (Fsp3) is 0.429. The molecule has 0 saturated carbocycles. The Hall–Kier alpha value is -6.98. The monoisotopic (exact) mass is 931 g/mol. The van der Waals surface area contributed by atoms with Gasteiger partial charge in [0.1, 0.15) is 55.4 Å². The number of carbonyl (C=O) groups is 5. The molecule has 4 atom stereocenters. The standard InChI is InChI=1S/C49H61N11O8/c1-27-41(28(2)56-43(55-27)33-8-10-36-31(25-33)14-20-68-49(36,4)5)46(63)58-37(13-15-50)48(65)60(6)42-32-9-12-40(67-22-18-53)35(26-32)34-23-30(7-11-39(34)66-21-17-52)24-38(45(62)54-19-16-51)59-44(61)29(3)57-47(42)64/h7-12,23,25-26,29,37-38,42H,13-15,17-22,24,50,52-53H2,1-6H3,(H,54,62)(H,57,64)(H,58,63)(H,59,61)/t29-,37?,38-,42-/m0/s1. The SMILES string of the molecule is Cc1nc(-c2ccc3c(c2)CCOC3(C)C)nc(C)c1C(=O)NC(CCN)C(=O)N(C)[C@@H]1C(=O)N[C@@H](C)C(=O)N[C@H](C(=O)NCC#N)Cc2ccc(OCCN)c(c2)-c2cc1ccc2OCCN. The first-order valence-electron chi connectivity index (χ1n) is 22.6. The fourth-order valence-corrected chi connectivity index (χ4v) is 8.55. The highest BCUT2D eigenvalue weighted by Crippen LogP contribution is 2.40. The van der Waals surface area contributed by atoms with Gasteiger partial charge in [0.25, 0.3) is 5.91 Å². The average molecular weight is 932 g/mol. The quantitative estimate of drug-likeness (QED) is 0.0837. The van der Waals surface area contributed by atoms with Crippen LogP contribution in [0.3, 0.4) is 0 Å². The summed E-state index contributed by atoms with van der Waals surface area (Å²) in [6.45, 7) is 9.84. The molecule has 0 saturated heterocycles. The zero-order valence-corrected chi connectivity index (χ0v) is 39.4. The second-order valence-electron chi connectivity index (χ2n) is 17.3. The van der Waals surface area contributed by atoms with E-state index in [1.165, 1.54) is 18.9 Å². The maximum atomic E-state index is 14.8. The molecule has 0 radical (unpaired) electrons. The van der Waals surface area contributed by atoms with Crippen LogP contribution in [0.4, 0.5) is 0 Å². The Labute approximate surface area is 395 Å². The number of carbonyl (C=O) groups excluding carboxylic acids is 5. The molecule has 6 rings (SSSR count). The van der Waals surface area contributed by atoms with Crippen LogP contribution in [0.25, 0.3) is 22.5 Å². The van der Waals surface area contributed by atoms with E-state index in [0.717, 1.165) is 23.1 Å². The summed E-state index contributed by atoms with van der Waals surface area (Å²) in [5, 5.41) is 20.0. The first kappa shape index (κ1) is 50.4. The second kappa shape index (κ2) is 22.2. The van der Waals surface area contributed by atoms with E-state index in [2.05, 4.69) is 27.3 Å². The van der Waals surface area contributed by atoms with Gasteiger partial charge in [0.05, 0.1) is 35.2 Å². The van der Waals surface area contributed by atoms with E-state index in [1.54, 1.807) is 50.2 Å². The normalized spacial score (nSPS) is 18.0. The number of nitrogens with one attached hydrogen (secondary N) is 4. The van der Waals surface area contributed by atoms with Gasteiger partial charge in [-0.2, -0.15) is 5.26 Å². The number of aryl methyl sites for hydroxylation is 2. The van der Waals surface area contributed by atoms with E-state index in [0.29, 0.717) is 57.6 Å². The molecular weight excluding hydrogens is 871 g/mol. The summed E-state index contributed by atoms with van der Waals surface area (Å²) in [6, 6.07) is 13.0. The Kier molecular flexibility index (Phi) is 16.5. The summed E-state index contributed by atoms with van der Waals surface area (Å²) in [7, 11) is 1.42. The number of amides is 5. The number of nitrogens with two attached hydrogens (primary N) is 3. The highest BCUT2D eigenvalue weighted by atomic mass is 16.5. The lowest BCUT2D eigenvalue weighted by Crippen LogP contribution is -2.56. The van der Waals surface area contributed by atoms with Gasteiger partial charge in [-0.15, -0.1) is 0 Å². The van der Waals surface area contributed by atoms with E-state index in [9.17, 15) is 29.2 Å². The van der Waals surface area contributed by atoms with Gasteiger partial charge >= 0.3 is 0 Å². The maximum absolute atomic E-state index is 14.8. The van der Waals surface area contributed by atoms with Gasteiger partial charge in [-0.25, -0.2) is 9.97 Å². The topological polar surface area (TPSA) is 292 Å². The van der Waals surface area contributed by atoms with Crippen molar-refractivity contribution in [1.29, 1.82) is 5.26 Å². The molecule has 2 aliphatic rings. The lowest BCUT2D eigenvalue weighted by molar-refractivity contribution is -0.141. The molecule has 0 spiro atoms. The van der Waals surface area contributed by atoms with Gasteiger partial charge in [0.2, 0.25) is 23.6 Å². The number of fused-ring (bicyclic) bond motifs is 6. The Bertz CT molecular complexity index is 2570. The highest BCUT2D eigenvalue weighted by molar-refractivity contribution is 6.00. The first-order valence-corrected chi connectivity index (χ1v) is 22.6. The summed E-state index contributed by atoms with van der Waals surface area (Å²) >= 11 is 0. The fourth-order valence-electron chi connectivity index (χ4n) is 8.55. The predicted molar refractivity (Wildman–Crippen MR) is 253 cm³/mol. The van der Waals surface area contributed by atoms with Crippen molar-refractivity contribution in [3.05, 3.63) is 93.8 Å². The van der Waals surface area contributed by atoms with Crippen LogP contribution >= 0.6 is 0 Å². The maximum Gasteiger partial charge on any atom is 0.255 e. The van der Waals surface area contributed by atoms with Crippen molar-refractivity contribution in [2.24, 2.45) is 17.2 Å². The predicted octanol–water partition coefficient (Wildman–Crippen LogP) is 1.74. The van der Waals surface area contributed by atoms with E-state index in [4.69, 9.17) is 41.4 Å². The number of benzene rings is 3. The number of rotatable bonds is 15. The molecule has 360 valence electrons. The van der Waals surface area contributed by atoms with Crippen molar-refractivity contribution >= 4 is 29.5 Å². The minimum absolute atomic E-state index is 0.000610. The van der Waals surface area contributed by atoms with Gasteiger partial charge in [-0.1, -0.05) is 24.3 Å². The number of aromatic nitrogens is 2. The minimum atomic E-state index is -1.41. The number of hydrogen-bond acceptors (Lipinski definition) is 14. The van der Waals surface area contributed by atoms with Crippen molar-refractivity contribution in [3.63, 3.8) is 0 Å². The lowest BCUT2D eigenvalue weighted by atomic mass is 9.88. The molecule has 19 nitrogen and oxygen atoms in total. The molecule has 1 aromatic heterocycles. The van der Waals surface area contributed by atoms with Gasteiger partial charge in [0.15, 0.2) is 5.82 Å². The third kappa shape index (κ3) is 11.4. The van der Waals surface area contributed by atoms with Crippen molar-refractivity contribution in [2.75, 3.05) is 53.0 Å². The molecular formula is C49H61N11O8. The molecule has 0 fully saturated rings. The molecule has 5 amide bonds. The third-order valence-corrected chi connectivity index (χ3v) is 12.0. The smallest absolute Gasteiger partial charge is 0.255 e. The van der Waals surface area contributed by atoms with Gasteiger partial charge in [0, 0.05) is 43.2 Å². The number of nitriles is 1. The Balaban J connectivity index is 1.38. The summed E-state index contributed by atoms with van der Waals surface area (Å²) in [5.74, 6) is -2.14. The molecule has 4 bridgehead atoms. The zero-order chi connectivity index (χ0) is 49.3. The van der Waals surface area contributed by atoms with Crippen molar-refractivity contribution in [1.82, 2.24) is 36.1 Å². The van der Waals surface area contributed by atoms with Crippen LogP contribution in [0.2, 0.25) is 0 Å². The van der Waals surface area contributed by atoms with E-state index in [1.807, 2.05) is 32.0 Å². The number of nitrogens with zero attached hydrogens (tertiary/aromatic N) is 4. The van der Waals surface area contributed by atoms with E-state index >= 15 is 0 Å². The van der Waals surface area contributed by atoms with Crippen LogP contribution in [-0.2, 0) is 42.4 Å². The van der Waals surface area contributed by atoms with Crippen LogP contribution in [0.15, 0.2) is 54.6 Å². The van der Waals surface area contributed by atoms with Gasteiger partial charge in [-0.3, -0.25) is 24.0 Å². The molecule has 3 heterocycles.